The quantitative estimate of drug-likeness (QED) is 0.857. The SMILES string of the molecule is O=C(Nc1cccnc1)C1CN(C(=O)Nc2ccccc2)CC12CCOCC2. The van der Waals surface area contributed by atoms with Crippen molar-refractivity contribution in [3.05, 3.63) is 54.9 Å². The molecule has 0 aliphatic carbocycles. The number of rotatable bonds is 3. The van der Waals surface area contributed by atoms with Crippen LogP contribution in [0.25, 0.3) is 0 Å². The van der Waals surface area contributed by atoms with Gasteiger partial charge in [0.05, 0.1) is 17.8 Å². The van der Waals surface area contributed by atoms with Gasteiger partial charge in [0.15, 0.2) is 0 Å². The minimum absolute atomic E-state index is 0.0649. The summed E-state index contributed by atoms with van der Waals surface area (Å²) >= 11 is 0. The van der Waals surface area contributed by atoms with Crippen molar-refractivity contribution in [3.8, 4) is 0 Å². The zero-order valence-electron chi connectivity index (χ0n) is 15.6. The number of anilines is 2. The Morgan fingerprint density at radius 2 is 1.79 bits per heavy atom. The van der Waals surface area contributed by atoms with Gasteiger partial charge in [-0.2, -0.15) is 0 Å². The molecule has 0 radical (unpaired) electrons. The maximum atomic E-state index is 13.1. The van der Waals surface area contributed by atoms with E-state index in [0.717, 1.165) is 18.5 Å². The van der Waals surface area contributed by atoms with Crippen LogP contribution in [0.3, 0.4) is 0 Å². The summed E-state index contributed by atoms with van der Waals surface area (Å²) in [5.74, 6) is -0.344. The summed E-state index contributed by atoms with van der Waals surface area (Å²) in [7, 11) is 0. The van der Waals surface area contributed by atoms with E-state index in [2.05, 4.69) is 15.6 Å². The average Bonchev–Trinajstić information content (AvgIpc) is 3.09. The van der Waals surface area contributed by atoms with Crippen LogP contribution >= 0.6 is 0 Å². The van der Waals surface area contributed by atoms with Crippen molar-refractivity contribution in [1.82, 2.24) is 9.88 Å². The molecule has 7 heteroatoms. The molecule has 146 valence electrons. The molecule has 2 aromatic rings. The molecule has 2 aliphatic heterocycles. The van der Waals surface area contributed by atoms with Gasteiger partial charge in [0, 0.05) is 43.6 Å². The van der Waals surface area contributed by atoms with Gasteiger partial charge in [-0.15, -0.1) is 0 Å². The summed E-state index contributed by atoms with van der Waals surface area (Å²) < 4.78 is 5.53. The van der Waals surface area contributed by atoms with Crippen molar-refractivity contribution in [2.24, 2.45) is 11.3 Å². The average molecular weight is 380 g/mol. The zero-order valence-corrected chi connectivity index (χ0v) is 15.6. The molecule has 3 amide bonds. The summed E-state index contributed by atoms with van der Waals surface area (Å²) in [6.45, 7) is 2.18. The molecule has 1 aromatic carbocycles. The number of amides is 3. The van der Waals surface area contributed by atoms with Gasteiger partial charge in [-0.05, 0) is 37.1 Å². The fraction of sp³-hybridized carbons (Fsp3) is 0.381. The van der Waals surface area contributed by atoms with Gasteiger partial charge in [-0.3, -0.25) is 9.78 Å². The monoisotopic (exact) mass is 380 g/mol. The molecule has 2 fully saturated rings. The van der Waals surface area contributed by atoms with E-state index in [1.165, 1.54) is 0 Å². The fourth-order valence-electron chi connectivity index (χ4n) is 4.16. The first-order valence-electron chi connectivity index (χ1n) is 9.56. The maximum absolute atomic E-state index is 13.1. The molecule has 0 saturated carbocycles. The lowest BCUT2D eigenvalue weighted by Crippen LogP contribution is -2.42. The van der Waals surface area contributed by atoms with E-state index >= 15 is 0 Å². The first-order valence-corrected chi connectivity index (χ1v) is 9.56. The minimum atomic E-state index is -0.280. The Kier molecular flexibility index (Phi) is 5.25. The van der Waals surface area contributed by atoms with Gasteiger partial charge in [-0.1, -0.05) is 18.2 Å². The van der Waals surface area contributed by atoms with Crippen LogP contribution in [0.5, 0.6) is 0 Å². The standard InChI is InChI=1S/C21H24N4O3/c26-19(23-17-7-4-10-22-13-17)18-14-25(15-21(18)8-11-28-12-9-21)20(27)24-16-5-2-1-3-6-16/h1-7,10,13,18H,8-9,11-12,14-15H2,(H,23,26)(H,24,27). The van der Waals surface area contributed by atoms with E-state index < -0.39 is 0 Å². The Hall–Kier alpha value is -2.93. The lowest BCUT2D eigenvalue weighted by Gasteiger charge is -2.37. The summed E-state index contributed by atoms with van der Waals surface area (Å²) in [4.78, 5) is 31.7. The molecule has 0 bridgehead atoms. The van der Waals surface area contributed by atoms with Crippen LogP contribution in [-0.2, 0) is 9.53 Å². The highest BCUT2D eigenvalue weighted by Gasteiger charge is 2.51. The summed E-state index contributed by atoms with van der Waals surface area (Å²) in [6.07, 6.45) is 4.84. The van der Waals surface area contributed by atoms with Crippen LogP contribution < -0.4 is 10.6 Å². The summed E-state index contributed by atoms with van der Waals surface area (Å²) in [6, 6.07) is 12.8. The highest BCUT2D eigenvalue weighted by molar-refractivity contribution is 5.95. The lowest BCUT2D eigenvalue weighted by molar-refractivity contribution is -0.124. The molecule has 3 heterocycles. The van der Waals surface area contributed by atoms with Gasteiger partial charge < -0.3 is 20.3 Å². The molecule has 2 N–H and O–H groups in total. The number of nitrogens with zero attached hydrogens (tertiary/aromatic N) is 2. The minimum Gasteiger partial charge on any atom is -0.381 e. The Balaban J connectivity index is 1.50. The van der Waals surface area contributed by atoms with Crippen LogP contribution in [0.2, 0.25) is 0 Å². The normalized spacial score (nSPS) is 20.7. The Labute approximate surface area is 164 Å². The Bertz CT molecular complexity index is 822. The van der Waals surface area contributed by atoms with Crippen molar-refractivity contribution in [1.29, 1.82) is 0 Å². The van der Waals surface area contributed by atoms with E-state index in [-0.39, 0.29) is 23.3 Å². The van der Waals surface area contributed by atoms with Crippen LogP contribution in [0.4, 0.5) is 16.2 Å². The molecule has 1 spiro atoms. The number of aromatic nitrogens is 1. The van der Waals surface area contributed by atoms with Gasteiger partial charge in [-0.25, -0.2) is 4.79 Å². The number of benzene rings is 1. The smallest absolute Gasteiger partial charge is 0.321 e. The molecule has 2 saturated heterocycles. The highest BCUT2D eigenvalue weighted by Crippen LogP contribution is 2.44. The van der Waals surface area contributed by atoms with Crippen molar-refractivity contribution in [2.75, 3.05) is 36.9 Å². The number of para-hydroxylation sites is 1. The second-order valence-electron chi connectivity index (χ2n) is 7.43. The zero-order chi connectivity index (χ0) is 19.4. The number of ether oxygens (including phenoxy) is 1. The molecule has 1 unspecified atom stereocenters. The van der Waals surface area contributed by atoms with E-state index in [1.54, 1.807) is 23.4 Å². The van der Waals surface area contributed by atoms with Crippen LogP contribution in [0.15, 0.2) is 54.9 Å². The molecular formula is C21H24N4O3. The van der Waals surface area contributed by atoms with E-state index in [1.807, 2.05) is 36.4 Å². The van der Waals surface area contributed by atoms with Gasteiger partial charge in [0.25, 0.3) is 0 Å². The van der Waals surface area contributed by atoms with Gasteiger partial charge >= 0.3 is 6.03 Å². The van der Waals surface area contributed by atoms with Crippen LogP contribution in [-0.4, -0.2) is 48.1 Å². The third kappa shape index (κ3) is 3.84. The van der Waals surface area contributed by atoms with Crippen LogP contribution in [0, 0.1) is 11.3 Å². The third-order valence-corrected chi connectivity index (χ3v) is 5.69. The van der Waals surface area contributed by atoms with Gasteiger partial charge in [0.1, 0.15) is 0 Å². The van der Waals surface area contributed by atoms with Gasteiger partial charge in [0.2, 0.25) is 5.91 Å². The molecule has 2 aliphatic rings. The van der Waals surface area contributed by atoms with Crippen molar-refractivity contribution >= 4 is 23.3 Å². The fourth-order valence-corrected chi connectivity index (χ4v) is 4.16. The molecule has 28 heavy (non-hydrogen) atoms. The molecule has 7 nitrogen and oxygen atoms in total. The molecular weight excluding hydrogens is 356 g/mol. The first-order chi connectivity index (χ1) is 13.7. The number of nitrogens with one attached hydrogen (secondary N) is 2. The number of carbonyl (C=O) groups excluding carboxylic acids is 2. The third-order valence-electron chi connectivity index (χ3n) is 5.69. The second-order valence-corrected chi connectivity index (χ2v) is 7.43. The van der Waals surface area contributed by atoms with Crippen molar-refractivity contribution < 1.29 is 14.3 Å². The summed E-state index contributed by atoms with van der Waals surface area (Å²) in [5.41, 5.74) is 1.16. The van der Waals surface area contributed by atoms with E-state index in [4.69, 9.17) is 4.74 Å². The summed E-state index contributed by atoms with van der Waals surface area (Å²) in [5, 5.41) is 5.89. The van der Waals surface area contributed by atoms with Crippen LogP contribution in [0.1, 0.15) is 12.8 Å². The van der Waals surface area contributed by atoms with E-state index in [9.17, 15) is 9.59 Å². The number of likely N-dealkylation sites (tertiary alicyclic amines) is 1. The Morgan fingerprint density at radius 3 is 2.50 bits per heavy atom. The lowest BCUT2D eigenvalue weighted by atomic mass is 9.71. The first kappa shape index (κ1) is 18.4. The Morgan fingerprint density at radius 1 is 1.04 bits per heavy atom. The largest absolute Gasteiger partial charge is 0.381 e. The van der Waals surface area contributed by atoms with E-state index in [0.29, 0.717) is 32.0 Å². The predicted molar refractivity (Wildman–Crippen MR) is 106 cm³/mol. The number of hydrogen-bond acceptors (Lipinski definition) is 4. The predicted octanol–water partition coefficient (Wildman–Crippen LogP) is 2.98. The van der Waals surface area contributed by atoms with Crippen molar-refractivity contribution in [3.63, 3.8) is 0 Å². The maximum Gasteiger partial charge on any atom is 0.321 e. The topological polar surface area (TPSA) is 83.6 Å². The number of urea groups is 1. The number of pyridine rings is 1. The molecule has 4 rings (SSSR count). The second kappa shape index (κ2) is 7.98. The highest BCUT2D eigenvalue weighted by atomic mass is 16.5. The molecule has 1 atom stereocenters. The number of hydrogen-bond donors (Lipinski definition) is 2. The van der Waals surface area contributed by atoms with Crippen molar-refractivity contribution in [2.45, 2.75) is 12.8 Å². The number of carbonyl (C=O) groups is 2. The molecule has 1 aromatic heterocycles.